The second kappa shape index (κ2) is 6.67. The first-order chi connectivity index (χ1) is 12.1. The molecule has 25 heavy (non-hydrogen) atoms. The summed E-state index contributed by atoms with van der Waals surface area (Å²) in [5, 5.41) is 10.0. The van der Waals surface area contributed by atoms with E-state index in [-0.39, 0.29) is 5.92 Å². The van der Waals surface area contributed by atoms with Crippen LogP contribution in [0.1, 0.15) is 24.2 Å². The van der Waals surface area contributed by atoms with Gasteiger partial charge in [0, 0.05) is 63.6 Å². The SMILES string of the molecule is Cc1cccc(CN2C[C@H]3CN(C4CCOCC4)C[C@@]3(C(=O)O)C2)n1. The first kappa shape index (κ1) is 16.9. The molecular weight excluding hydrogens is 318 g/mol. The highest BCUT2D eigenvalue weighted by molar-refractivity contribution is 5.77. The van der Waals surface area contributed by atoms with Crippen molar-refractivity contribution in [2.24, 2.45) is 11.3 Å². The van der Waals surface area contributed by atoms with E-state index in [0.29, 0.717) is 19.1 Å². The minimum absolute atomic E-state index is 0.206. The maximum atomic E-state index is 12.2. The molecule has 136 valence electrons. The predicted octanol–water partition coefficient (Wildman–Crippen LogP) is 1.39. The molecule has 3 saturated heterocycles. The number of rotatable bonds is 4. The van der Waals surface area contributed by atoms with Gasteiger partial charge in [-0.15, -0.1) is 0 Å². The Balaban J connectivity index is 1.46. The molecule has 1 aromatic heterocycles. The molecule has 0 saturated carbocycles. The summed E-state index contributed by atoms with van der Waals surface area (Å²) in [5.41, 5.74) is 1.42. The van der Waals surface area contributed by atoms with Gasteiger partial charge in [0.2, 0.25) is 0 Å². The van der Waals surface area contributed by atoms with Gasteiger partial charge in [-0.05, 0) is 31.9 Å². The lowest BCUT2D eigenvalue weighted by molar-refractivity contribution is -0.149. The van der Waals surface area contributed by atoms with Gasteiger partial charge >= 0.3 is 5.97 Å². The fraction of sp³-hybridized carbons (Fsp3) is 0.684. The molecule has 4 heterocycles. The first-order valence-electron chi connectivity index (χ1n) is 9.27. The molecule has 0 bridgehead atoms. The van der Waals surface area contributed by atoms with Gasteiger partial charge in [0.1, 0.15) is 0 Å². The van der Waals surface area contributed by atoms with Gasteiger partial charge in [0.25, 0.3) is 0 Å². The summed E-state index contributed by atoms with van der Waals surface area (Å²) in [5.74, 6) is -0.426. The largest absolute Gasteiger partial charge is 0.481 e. The van der Waals surface area contributed by atoms with Crippen molar-refractivity contribution in [1.82, 2.24) is 14.8 Å². The molecule has 6 heteroatoms. The number of pyridine rings is 1. The maximum absolute atomic E-state index is 12.2. The van der Waals surface area contributed by atoms with E-state index in [1.54, 1.807) is 0 Å². The molecule has 0 radical (unpaired) electrons. The van der Waals surface area contributed by atoms with Crippen molar-refractivity contribution in [2.75, 3.05) is 39.4 Å². The van der Waals surface area contributed by atoms with Crippen LogP contribution in [0.4, 0.5) is 0 Å². The lowest BCUT2D eigenvalue weighted by atomic mass is 9.81. The summed E-state index contributed by atoms with van der Waals surface area (Å²) in [6, 6.07) is 6.53. The number of aromatic nitrogens is 1. The van der Waals surface area contributed by atoms with Gasteiger partial charge < -0.3 is 9.84 Å². The van der Waals surface area contributed by atoms with Gasteiger partial charge in [0.05, 0.1) is 11.1 Å². The van der Waals surface area contributed by atoms with E-state index in [0.717, 1.165) is 57.1 Å². The van der Waals surface area contributed by atoms with Crippen molar-refractivity contribution in [3.05, 3.63) is 29.6 Å². The average molecular weight is 345 g/mol. The van der Waals surface area contributed by atoms with E-state index in [1.165, 1.54) is 0 Å². The quantitative estimate of drug-likeness (QED) is 0.890. The molecule has 1 aromatic rings. The molecular formula is C19H27N3O3. The Morgan fingerprint density at radius 3 is 2.80 bits per heavy atom. The van der Waals surface area contributed by atoms with Gasteiger partial charge in [-0.1, -0.05) is 6.07 Å². The number of hydrogen-bond donors (Lipinski definition) is 1. The fourth-order valence-electron chi connectivity index (χ4n) is 4.88. The number of carbonyl (C=O) groups is 1. The second-order valence-electron chi connectivity index (χ2n) is 7.87. The third kappa shape index (κ3) is 3.18. The number of likely N-dealkylation sites (tertiary alicyclic amines) is 2. The minimum atomic E-state index is -0.633. The van der Waals surface area contributed by atoms with Crippen LogP contribution in [0.5, 0.6) is 0 Å². The number of aliphatic carboxylic acids is 1. The van der Waals surface area contributed by atoms with Crippen LogP contribution in [0, 0.1) is 18.3 Å². The number of ether oxygens (including phenoxy) is 1. The molecule has 3 aliphatic heterocycles. The molecule has 0 aromatic carbocycles. The summed E-state index contributed by atoms with van der Waals surface area (Å²) in [4.78, 5) is 21.5. The van der Waals surface area contributed by atoms with Crippen molar-refractivity contribution in [3.63, 3.8) is 0 Å². The molecule has 3 aliphatic rings. The Bertz CT molecular complexity index is 647. The summed E-state index contributed by atoms with van der Waals surface area (Å²) >= 11 is 0. The van der Waals surface area contributed by atoms with E-state index >= 15 is 0 Å². The Morgan fingerprint density at radius 2 is 2.12 bits per heavy atom. The van der Waals surface area contributed by atoms with Crippen molar-refractivity contribution >= 4 is 5.97 Å². The van der Waals surface area contributed by atoms with E-state index in [1.807, 2.05) is 25.1 Å². The monoisotopic (exact) mass is 345 g/mol. The highest BCUT2D eigenvalue weighted by atomic mass is 16.5. The Hall–Kier alpha value is -1.50. The van der Waals surface area contributed by atoms with Crippen LogP contribution < -0.4 is 0 Å². The van der Waals surface area contributed by atoms with Crippen molar-refractivity contribution in [2.45, 2.75) is 32.4 Å². The van der Waals surface area contributed by atoms with Crippen LogP contribution in [-0.2, 0) is 16.1 Å². The zero-order chi connectivity index (χ0) is 17.4. The molecule has 0 spiro atoms. The highest BCUT2D eigenvalue weighted by Gasteiger charge is 2.58. The molecule has 2 atom stereocenters. The third-order valence-electron chi connectivity index (χ3n) is 6.17. The maximum Gasteiger partial charge on any atom is 0.312 e. The van der Waals surface area contributed by atoms with E-state index in [9.17, 15) is 9.90 Å². The highest BCUT2D eigenvalue weighted by Crippen LogP contribution is 2.44. The molecule has 1 N–H and O–H groups in total. The van der Waals surface area contributed by atoms with E-state index in [4.69, 9.17) is 4.74 Å². The van der Waals surface area contributed by atoms with Crippen LogP contribution in [0.25, 0.3) is 0 Å². The number of carboxylic acids is 1. The zero-order valence-electron chi connectivity index (χ0n) is 14.9. The van der Waals surface area contributed by atoms with Crippen molar-refractivity contribution in [3.8, 4) is 0 Å². The van der Waals surface area contributed by atoms with E-state index < -0.39 is 11.4 Å². The molecule has 0 amide bonds. The third-order valence-corrected chi connectivity index (χ3v) is 6.17. The number of carboxylic acid groups (broad SMARTS) is 1. The Labute approximate surface area is 148 Å². The first-order valence-corrected chi connectivity index (χ1v) is 9.27. The van der Waals surface area contributed by atoms with Gasteiger partial charge in [-0.25, -0.2) is 0 Å². The molecule has 6 nitrogen and oxygen atoms in total. The number of aryl methyl sites for hydroxylation is 1. The van der Waals surface area contributed by atoms with Gasteiger partial charge in [-0.2, -0.15) is 0 Å². The van der Waals surface area contributed by atoms with Crippen LogP contribution in [-0.4, -0.2) is 71.3 Å². The number of hydrogen-bond acceptors (Lipinski definition) is 5. The molecule has 0 unspecified atom stereocenters. The number of nitrogens with zero attached hydrogens (tertiary/aromatic N) is 3. The lowest BCUT2D eigenvalue weighted by Gasteiger charge is -2.33. The molecule has 3 fully saturated rings. The van der Waals surface area contributed by atoms with Gasteiger partial charge in [0.15, 0.2) is 0 Å². The summed E-state index contributed by atoms with van der Waals surface area (Å²) in [6.45, 7) is 7.39. The standard InChI is InChI=1S/C19H27N3O3/c1-14-3-2-4-16(20-14)11-21-9-15-10-22(17-5-7-25-8-6-17)13-19(15,12-21)18(23)24/h2-4,15,17H,5-13H2,1H3,(H,23,24)/t15-,19-/m0/s1. The summed E-state index contributed by atoms with van der Waals surface area (Å²) in [7, 11) is 0. The number of fused-ring (bicyclic) bond motifs is 1. The van der Waals surface area contributed by atoms with Gasteiger partial charge in [-0.3, -0.25) is 19.6 Å². The second-order valence-corrected chi connectivity index (χ2v) is 7.87. The lowest BCUT2D eigenvalue weighted by Crippen LogP contribution is -2.44. The van der Waals surface area contributed by atoms with E-state index in [2.05, 4.69) is 14.8 Å². The smallest absolute Gasteiger partial charge is 0.312 e. The fourth-order valence-corrected chi connectivity index (χ4v) is 4.88. The average Bonchev–Trinajstić information content (AvgIpc) is 3.11. The summed E-state index contributed by atoms with van der Waals surface area (Å²) < 4.78 is 5.46. The Morgan fingerprint density at radius 1 is 1.32 bits per heavy atom. The molecule has 4 rings (SSSR count). The molecule has 0 aliphatic carbocycles. The van der Waals surface area contributed by atoms with Crippen LogP contribution in [0.3, 0.4) is 0 Å². The Kier molecular flexibility index (Phi) is 4.52. The van der Waals surface area contributed by atoms with Crippen LogP contribution in [0.15, 0.2) is 18.2 Å². The van der Waals surface area contributed by atoms with Crippen LogP contribution in [0.2, 0.25) is 0 Å². The van der Waals surface area contributed by atoms with Crippen molar-refractivity contribution < 1.29 is 14.6 Å². The predicted molar refractivity (Wildman–Crippen MR) is 93.2 cm³/mol. The topological polar surface area (TPSA) is 65.9 Å². The van der Waals surface area contributed by atoms with Crippen molar-refractivity contribution in [1.29, 1.82) is 0 Å². The minimum Gasteiger partial charge on any atom is -0.481 e. The van der Waals surface area contributed by atoms with Crippen LogP contribution >= 0.6 is 0 Å². The summed E-state index contributed by atoms with van der Waals surface area (Å²) in [6.07, 6.45) is 2.05. The normalized spacial score (nSPS) is 31.3. The zero-order valence-corrected chi connectivity index (χ0v) is 14.9.